The second-order valence-electron chi connectivity index (χ2n) is 9.70. The Morgan fingerprint density at radius 1 is 0.946 bits per heavy atom. The molecule has 2 heterocycles. The number of benzene rings is 2. The highest BCUT2D eigenvalue weighted by atomic mass is 35.5. The Balaban J connectivity index is 1.20. The van der Waals surface area contributed by atoms with E-state index in [1.165, 1.54) is 0 Å². The van der Waals surface area contributed by atoms with Crippen molar-refractivity contribution in [3.8, 4) is 5.75 Å². The molecule has 0 saturated carbocycles. The summed E-state index contributed by atoms with van der Waals surface area (Å²) in [6, 6.07) is 11.2. The molecule has 0 aromatic heterocycles. The number of rotatable bonds is 8. The maximum atomic E-state index is 12.9. The number of hydrogen-bond acceptors (Lipinski definition) is 4. The van der Waals surface area contributed by atoms with Crippen LogP contribution in [0.15, 0.2) is 36.4 Å². The van der Waals surface area contributed by atoms with Gasteiger partial charge >= 0.3 is 0 Å². The third-order valence-electron chi connectivity index (χ3n) is 7.31. The lowest BCUT2D eigenvalue weighted by atomic mass is 9.97. The number of carbonyl (C=O) groups excluding carboxylic acids is 2. The smallest absolute Gasteiger partial charge is 0.255 e. The highest BCUT2D eigenvalue weighted by Gasteiger charge is 2.30. The van der Waals surface area contributed by atoms with Gasteiger partial charge in [0.1, 0.15) is 5.75 Å². The number of carbonyl (C=O) groups is 2. The maximum absolute atomic E-state index is 12.9. The number of aryl methyl sites for hydroxylation is 1. The Morgan fingerprint density at radius 2 is 1.62 bits per heavy atom. The molecule has 0 aliphatic carbocycles. The van der Waals surface area contributed by atoms with Gasteiger partial charge in [-0.2, -0.15) is 0 Å². The molecule has 1 N–H and O–H groups in total. The van der Waals surface area contributed by atoms with Crippen molar-refractivity contribution in [2.45, 2.75) is 57.5 Å². The normalized spacial score (nSPS) is 17.6. The van der Waals surface area contributed by atoms with E-state index in [0.717, 1.165) is 57.4 Å². The van der Waals surface area contributed by atoms with Crippen molar-refractivity contribution >= 4 is 46.6 Å². The molecule has 2 aromatic rings. The Kier molecular flexibility index (Phi) is 9.99. The molecular weight excluding hydrogens is 533 g/mol. The molecule has 2 aliphatic heterocycles. The Morgan fingerprint density at radius 3 is 2.30 bits per heavy atom. The summed E-state index contributed by atoms with van der Waals surface area (Å²) in [5.74, 6) is 0.592. The highest BCUT2D eigenvalue weighted by Crippen LogP contribution is 2.26. The Labute approximate surface area is 234 Å². The van der Waals surface area contributed by atoms with E-state index < -0.39 is 0 Å². The predicted octanol–water partition coefficient (Wildman–Crippen LogP) is 5.86. The molecule has 6 nitrogen and oxygen atoms in total. The lowest BCUT2D eigenvalue weighted by molar-refractivity contribution is -0.132. The molecule has 0 radical (unpaired) electrons. The molecular formula is C28H34Cl3N3O3. The van der Waals surface area contributed by atoms with Gasteiger partial charge in [-0.05, 0) is 74.9 Å². The molecule has 0 unspecified atom stereocenters. The number of nitrogens with zero attached hydrogens (tertiary/aromatic N) is 2. The molecule has 0 bridgehead atoms. The molecule has 200 valence electrons. The molecule has 37 heavy (non-hydrogen) atoms. The van der Waals surface area contributed by atoms with Gasteiger partial charge in [0, 0.05) is 59.8 Å². The summed E-state index contributed by atoms with van der Waals surface area (Å²) in [5.41, 5.74) is 1.43. The second-order valence-corrected chi connectivity index (χ2v) is 11.0. The number of hydrogen-bond donors (Lipinski definition) is 1. The van der Waals surface area contributed by atoms with Crippen molar-refractivity contribution in [3.63, 3.8) is 0 Å². The average Bonchev–Trinajstić information content (AvgIpc) is 2.89. The second kappa shape index (κ2) is 13.2. The molecule has 0 atom stereocenters. The van der Waals surface area contributed by atoms with Gasteiger partial charge in [0.25, 0.3) is 5.91 Å². The minimum Gasteiger partial charge on any atom is -0.493 e. The third kappa shape index (κ3) is 7.53. The molecule has 2 saturated heterocycles. The summed E-state index contributed by atoms with van der Waals surface area (Å²) >= 11 is 18.3. The first-order chi connectivity index (χ1) is 17.8. The number of likely N-dealkylation sites (tertiary alicyclic amines) is 2. The first kappa shape index (κ1) is 28.0. The van der Waals surface area contributed by atoms with Crippen molar-refractivity contribution in [1.82, 2.24) is 15.1 Å². The highest BCUT2D eigenvalue weighted by molar-refractivity contribution is 6.35. The van der Waals surface area contributed by atoms with Crippen LogP contribution in [0.5, 0.6) is 5.75 Å². The van der Waals surface area contributed by atoms with E-state index in [-0.39, 0.29) is 17.9 Å². The van der Waals surface area contributed by atoms with Crippen LogP contribution in [-0.4, -0.2) is 66.5 Å². The van der Waals surface area contributed by atoms with Crippen LogP contribution in [0.2, 0.25) is 15.1 Å². The fraction of sp³-hybridized carbons (Fsp3) is 0.500. The molecule has 2 amide bonds. The lowest BCUT2D eigenvalue weighted by Gasteiger charge is -2.42. The number of halogens is 3. The number of amides is 2. The van der Waals surface area contributed by atoms with Gasteiger partial charge in [-0.3, -0.25) is 9.59 Å². The van der Waals surface area contributed by atoms with Crippen LogP contribution < -0.4 is 10.1 Å². The molecule has 2 aliphatic rings. The largest absolute Gasteiger partial charge is 0.493 e. The van der Waals surface area contributed by atoms with Crippen LogP contribution in [0.4, 0.5) is 0 Å². The SMILES string of the molecule is CCOc1ccc(Cl)cc1C(=O)NC1CCN(C2CCN(C(=O)CCc3ccc(Cl)cc3Cl)CC2)CC1. The van der Waals surface area contributed by atoms with Crippen molar-refractivity contribution in [2.24, 2.45) is 0 Å². The van der Waals surface area contributed by atoms with Crippen molar-refractivity contribution in [3.05, 3.63) is 62.6 Å². The number of piperidine rings is 2. The van der Waals surface area contributed by atoms with E-state index in [2.05, 4.69) is 10.2 Å². The molecule has 2 fully saturated rings. The summed E-state index contributed by atoms with van der Waals surface area (Å²) in [5, 5.41) is 4.90. The summed E-state index contributed by atoms with van der Waals surface area (Å²) < 4.78 is 5.60. The van der Waals surface area contributed by atoms with E-state index in [4.69, 9.17) is 39.5 Å². The quantitative estimate of drug-likeness (QED) is 0.435. The van der Waals surface area contributed by atoms with E-state index in [9.17, 15) is 9.59 Å². The zero-order valence-electron chi connectivity index (χ0n) is 21.2. The number of ether oxygens (including phenoxy) is 1. The first-order valence-corrected chi connectivity index (χ1v) is 14.2. The van der Waals surface area contributed by atoms with Crippen LogP contribution in [0.3, 0.4) is 0 Å². The average molecular weight is 567 g/mol. The van der Waals surface area contributed by atoms with Crippen molar-refractivity contribution in [2.75, 3.05) is 32.8 Å². The Bertz CT molecular complexity index is 1100. The van der Waals surface area contributed by atoms with E-state index in [0.29, 0.717) is 51.9 Å². The van der Waals surface area contributed by atoms with Gasteiger partial charge in [-0.25, -0.2) is 0 Å². The molecule has 4 rings (SSSR count). The van der Waals surface area contributed by atoms with E-state index in [1.807, 2.05) is 24.0 Å². The van der Waals surface area contributed by atoms with Gasteiger partial charge in [-0.1, -0.05) is 40.9 Å². The van der Waals surface area contributed by atoms with Crippen molar-refractivity contribution in [1.29, 1.82) is 0 Å². The fourth-order valence-electron chi connectivity index (χ4n) is 5.24. The first-order valence-electron chi connectivity index (χ1n) is 13.0. The van der Waals surface area contributed by atoms with Crippen LogP contribution in [0.25, 0.3) is 0 Å². The number of nitrogens with one attached hydrogen (secondary N) is 1. The minimum atomic E-state index is -0.142. The van der Waals surface area contributed by atoms with E-state index >= 15 is 0 Å². The van der Waals surface area contributed by atoms with Gasteiger partial charge in [0.2, 0.25) is 5.91 Å². The zero-order valence-corrected chi connectivity index (χ0v) is 23.4. The molecule has 0 spiro atoms. The monoisotopic (exact) mass is 565 g/mol. The standard InChI is InChI=1S/C28H34Cl3N3O3/c1-2-37-26-7-6-20(29)17-24(26)28(36)32-22-9-13-33(14-10-22)23-11-15-34(16-12-23)27(35)8-4-19-3-5-21(30)18-25(19)31/h3,5-7,17-18,22-23H,2,4,8-16H2,1H3,(H,32,36). The molecule has 2 aromatic carbocycles. The van der Waals surface area contributed by atoms with Gasteiger partial charge < -0.3 is 19.9 Å². The summed E-state index contributed by atoms with van der Waals surface area (Å²) in [4.78, 5) is 30.2. The minimum absolute atomic E-state index is 0.124. The topological polar surface area (TPSA) is 61.9 Å². The molecule has 9 heteroatoms. The van der Waals surface area contributed by atoms with Crippen LogP contribution in [0.1, 0.15) is 54.9 Å². The lowest BCUT2D eigenvalue weighted by Crippen LogP contribution is -2.51. The van der Waals surface area contributed by atoms with Crippen molar-refractivity contribution < 1.29 is 14.3 Å². The fourth-order valence-corrected chi connectivity index (χ4v) is 5.91. The summed E-state index contributed by atoms with van der Waals surface area (Å²) in [6.07, 6.45) is 4.83. The van der Waals surface area contributed by atoms with Crippen LogP contribution in [-0.2, 0) is 11.2 Å². The van der Waals surface area contributed by atoms with Crippen LogP contribution >= 0.6 is 34.8 Å². The summed E-state index contributed by atoms with van der Waals surface area (Å²) in [7, 11) is 0. The zero-order chi connectivity index (χ0) is 26.4. The van der Waals surface area contributed by atoms with Gasteiger partial charge in [-0.15, -0.1) is 0 Å². The predicted molar refractivity (Wildman–Crippen MR) is 149 cm³/mol. The summed E-state index contributed by atoms with van der Waals surface area (Å²) in [6.45, 7) is 5.82. The Hall–Kier alpha value is -1.99. The van der Waals surface area contributed by atoms with E-state index in [1.54, 1.807) is 24.3 Å². The van der Waals surface area contributed by atoms with Gasteiger partial charge in [0.05, 0.1) is 12.2 Å². The maximum Gasteiger partial charge on any atom is 0.255 e. The van der Waals surface area contributed by atoms with Gasteiger partial charge in [0.15, 0.2) is 0 Å². The third-order valence-corrected chi connectivity index (χ3v) is 8.13. The van der Waals surface area contributed by atoms with Crippen LogP contribution in [0, 0.1) is 0 Å².